The SMILES string of the molecule is Cc1ncc(C(=O)N2CCOCC2)c([C@H]2CCCN2C(=O)CC2(O)CCCCC2)n1. The van der Waals surface area contributed by atoms with E-state index in [9.17, 15) is 14.7 Å². The van der Waals surface area contributed by atoms with Crippen molar-refractivity contribution in [2.24, 2.45) is 0 Å². The average Bonchev–Trinajstić information content (AvgIpc) is 3.24. The summed E-state index contributed by atoms with van der Waals surface area (Å²) in [5.74, 6) is 0.454. The van der Waals surface area contributed by atoms with Crippen LogP contribution in [0.15, 0.2) is 6.20 Å². The number of morpholine rings is 1. The van der Waals surface area contributed by atoms with E-state index in [1.807, 2.05) is 4.90 Å². The van der Waals surface area contributed by atoms with Gasteiger partial charge in [-0.1, -0.05) is 19.3 Å². The fourth-order valence-corrected chi connectivity index (χ4v) is 4.96. The predicted octanol–water partition coefficient (Wildman–Crippen LogP) is 2.01. The predicted molar refractivity (Wildman–Crippen MR) is 110 cm³/mol. The molecule has 3 heterocycles. The van der Waals surface area contributed by atoms with Gasteiger partial charge in [-0.15, -0.1) is 0 Å². The summed E-state index contributed by atoms with van der Waals surface area (Å²) in [6.07, 6.45) is 7.82. The highest BCUT2D eigenvalue weighted by Gasteiger charge is 2.39. The van der Waals surface area contributed by atoms with Crippen molar-refractivity contribution in [1.29, 1.82) is 0 Å². The lowest BCUT2D eigenvalue weighted by molar-refractivity contribution is -0.138. The molecule has 2 amide bonds. The van der Waals surface area contributed by atoms with Crippen LogP contribution in [0.5, 0.6) is 0 Å². The van der Waals surface area contributed by atoms with E-state index in [-0.39, 0.29) is 24.3 Å². The van der Waals surface area contributed by atoms with Crippen LogP contribution in [0, 0.1) is 6.92 Å². The smallest absolute Gasteiger partial charge is 0.257 e. The molecule has 1 saturated carbocycles. The average molecular weight is 417 g/mol. The first-order chi connectivity index (χ1) is 14.5. The van der Waals surface area contributed by atoms with E-state index in [1.165, 1.54) is 0 Å². The topological polar surface area (TPSA) is 95.9 Å². The van der Waals surface area contributed by atoms with Crippen molar-refractivity contribution in [2.75, 3.05) is 32.8 Å². The number of rotatable bonds is 4. The lowest BCUT2D eigenvalue weighted by Gasteiger charge is -2.34. The maximum atomic E-state index is 13.2. The Morgan fingerprint density at radius 3 is 2.63 bits per heavy atom. The molecule has 0 unspecified atom stereocenters. The van der Waals surface area contributed by atoms with Gasteiger partial charge in [0.2, 0.25) is 5.91 Å². The van der Waals surface area contributed by atoms with E-state index in [0.717, 1.165) is 32.1 Å². The van der Waals surface area contributed by atoms with Gasteiger partial charge in [0, 0.05) is 25.8 Å². The van der Waals surface area contributed by atoms with Crippen molar-refractivity contribution >= 4 is 11.8 Å². The second-order valence-corrected chi connectivity index (χ2v) is 8.83. The molecule has 2 saturated heterocycles. The van der Waals surface area contributed by atoms with Crippen molar-refractivity contribution < 1.29 is 19.4 Å². The minimum absolute atomic E-state index is 0.0389. The number of carbonyl (C=O) groups is 2. The lowest BCUT2D eigenvalue weighted by Crippen LogP contribution is -2.42. The van der Waals surface area contributed by atoms with Crippen molar-refractivity contribution in [2.45, 2.75) is 69.9 Å². The summed E-state index contributed by atoms with van der Waals surface area (Å²) in [5.41, 5.74) is 0.223. The Hall–Kier alpha value is -2.06. The molecule has 4 rings (SSSR count). The van der Waals surface area contributed by atoms with E-state index in [1.54, 1.807) is 18.0 Å². The molecule has 1 atom stereocenters. The number of aryl methyl sites for hydroxylation is 1. The van der Waals surface area contributed by atoms with Crippen LogP contribution in [0.25, 0.3) is 0 Å². The van der Waals surface area contributed by atoms with Crippen LogP contribution < -0.4 is 0 Å². The lowest BCUT2D eigenvalue weighted by atomic mass is 9.82. The van der Waals surface area contributed by atoms with Gasteiger partial charge in [-0.25, -0.2) is 9.97 Å². The Balaban J connectivity index is 1.56. The summed E-state index contributed by atoms with van der Waals surface area (Å²) in [4.78, 5) is 38.8. The Kier molecular flexibility index (Phi) is 6.34. The van der Waals surface area contributed by atoms with Gasteiger partial charge in [0.25, 0.3) is 5.91 Å². The normalized spacial score (nSPS) is 24.1. The maximum absolute atomic E-state index is 13.2. The Labute approximate surface area is 177 Å². The molecular formula is C22H32N4O4. The number of nitrogens with zero attached hydrogens (tertiary/aromatic N) is 4. The van der Waals surface area contributed by atoms with E-state index < -0.39 is 5.60 Å². The van der Waals surface area contributed by atoms with Gasteiger partial charge in [-0.2, -0.15) is 0 Å². The molecular weight excluding hydrogens is 384 g/mol. The third kappa shape index (κ3) is 4.49. The fraction of sp³-hybridized carbons (Fsp3) is 0.727. The fourth-order valence-electron chi connectivity index (χ4n) is 4.96. The second kappa shape index (κ2) is 8.98. The first-order valence-corrected chi connectivity index (χ1v) is 11.2. The Morgan fingerprint density at radius 1 is 1.17 bits per heavy atom. The zero-order valence-corrected chi connectivity index (χ0v) is 17.8. The molecule has 1 aromatic heterocycles. The largest absolute Gasteiger partial charge is 0.389 e. The van der Waals surface area contributed by atoms with Crippen LogP contribution in [0.2, 0.25) is 0 Å². The summed E-state index contributed by atoms with van der Waals surface area (Å²) in [5, 5.41) is 10.9. The number of ether oxygens (including phenoxy) is 1. The van der Waals surface area contributed by atoms with Gasteiger partial charge >= 0.3 is 0 Å². The summed E-state index contributed by atoms with van der Waals surface area (Å²) < 4.78 is 5.36. The molecule has 3 aliphatic rings. The molecule has 0 bridgehead atoms. The van der Waals surface area contributed by atoms with Gasteiger partial charge < -0.3 is 19.6 Å². The third-order valence-corrected chi connectivity index (χ3v) is 6.62. The number of aliphatic hydroxyl groups is 1. The zero-order valence-electron chi connectivity index (χ0n) is 17.8. The van der Waals surface area contributed by atoms with Crippen molar-refractivity contribution in [3.8, 4) is 0 Å². The van der Waals surface area contributed by atoms with Crippen molar-refractivity contribution in [1.82, 2.24) is 19.8 Å². The van der Waals surface area contributed by atoms with E-state index in [0.29, 0.717) is 62.8 Å². The molecule has 30 heavy (non-hydrogen) atoms. The number of hydrogen-bond acceptors (Lipinski definition) is 6. The maximum Gasteiger partial charge on any atom is 0.257 e. The summed E-state index contributed by atoms with van der Waals surface area (Å²) >= 11 is 0. The highest BCUT2D eigenvalue weighted by molar-refractivity contribution is 5.95. The first-order valence-electron chi connectivity index (χ1n) is 11.2. The number of carbonyl (C=O) groups excluding carboxylic acids is 2. The van der Waals surface area contributed by atoms with Gasteiger partial charge in [-0.3, -0.25) is 9.59 Å². The molecule has 1 N–H and O–H groups in total. The molecule has 8 nitrogen and oxygen atoms in total. The monoisotopic (exact) mass is 416 g/mol. The minimum Gasteiger partial charge on any atom is -0.389 e. The highest BCUT2D eigenvalue weighted by Crippen LogP contribution is 2.37. The number of hydrogen-bond donors (Lipinski definition) is 1. The van der Waals surface area contributed by atoms with Crippen LogP contribution in [-0.4, -0.2) is 75.1 Å². The van der Waals surface area contributed by atoms with Crippen molar-refractivity contribution in [3.05, 3.63) is 23.3 Å². The number of likely N-dealkylation sites (tertiary alicyclic amines) is 1. The molecule has 0 spiro atoms. The van der Waals surface area contributed by atoms with Crippen molar-refractivity contribution in [3.63, 3.8) is 0 Å². The van der Waals surface area contributed by atoms with Crippen LogP contribution in [0.1, 0.15) is 79.3 Å². The molecule has 164 valence electrons. The van der Waals surface area contributed by atoms with E-state index >= 15 is 0 Å². The summed E-state index contributed by atoms with van der Waals surface area (Å²) in [7, 11) is 0. The number of amides is 2. The minimum atomic E-state index is -0.892. The quantitative estimate of drug-likeness (QED) is 0.807. The number of aromatic nitrogens is 2. The van der Waals surface area contributed by atoms with E-state index in [4.69, 9.17) is 4.74 Å². The molecule has 0 aromatic carbocycles. The van der Waals surface area contributed by atoms with Crippen LogP contribution in [0.3, 0.4) is 0 Å². The summed E-state index contributed by atoms with van der Waals surface area (Å²) in [6.45, 7) is 4.59. The van der Waals surface area contributed by atoms with Gasteiger partial charge in [0.05, 0.1) is 42.5 Å². The summed E-state index contributed by atoms with van der Waals surface area (Å²) in [6, 6.07) is -0.244. The highest BCUT2D eigenvalue weighted by atomic mass is 16.5. The Morgan fingerprint density at radius 2 is 1.90 bits per heavy atom. The first kappa shape index (κ1) is 21.2. The molecule has 0 radical (unpaired) electrons. The standard InChI is InChI=1S/C22H32N4O4/c1-16-23-15-17(21(28)25-10-12-30-13-11-25)20(24-16)18-6-5-9-26(18)19(27)14-22(29)7-3-2-4-8-22/h15,18,29H,2-14H2,1H3/t18-/m1/s1. The van der Waals surface area contributed by atoms with Crippen LogP contribution >= 0.6 is 0 Å². The second-order valence-electron chi connectivity index (χ2n) is 8.83. The van der Waals surface area contributed by atoms with Gasteiger partial charge in [-0.05, 0) is 32.6 Å². The van der Waals surface area contributed by atoms with Crippen LogP contribution in [-0.2, 0) is 9.53 Å². The van der Waals surface area contributed by atoms with Gasteiger partial charge in [0.1, 0.15) is 5.82 Å². The third-order valence-electron chi connectivity index (χ3n) is 6.62. The van der Waals surface area contributed by atoms with Crippen LogP contribution in [0.4, 0.5) is 0 Å². The molecule has 8 heteroatoms. The molecule has 1 aromatic rings. The molecule has 1 aliphatic carbocycles. The molecule has 2 aliphatic heterocycles. The zero-order chi connectivity index (χ0) is 21.1. The molecule has 3 fully saturated rings. The van der Waals surface area contributed by atoms with E-state index in [2.05, 4.69) is 9.97 Å². The van der Waals surface area contributed by atoms with Gasteiger partial charge in [0.15, 0.2) is 0 Å². The Bertz CT molecular complexity index is 787.